The van der Waals surface area contributed by atoms with Gasteiger partial charge in [-0.05, 0) is 35.9 Å². The number of sulfonamides is 1. The van der Waals surface area contributed by atoms with Gasteiger partial charge in [0.25, 0.3) is 10.0 Å². The number of pyridine rings is 2. The minimum Gasteiger partial charge on any atom is -0.380 e. The van der Waals surface area contributed by atoms with Crippen molar-refractivity contribution in [3.63, 3.8) is 0 Å². The van der Waals surface area contributed by atoms with Crippen molar-refractivity contribution >= 4 is 33.1 Å². The van der Waals surface area contributed by atoms with E-state index in [0.29, 0.717) is 6.54 Å². The van der Waals surface area contributed by atoms with Gasteiger partial charge in [0.15, 0.2) is 0 Å². The van der Waals surface area contributed by atoms with Crippen LogP contribution in [0.4, 0.5) is 11.5 Å². The van der Waals surface area contributed by atoms with Crippen LogP contribution in [0.1, 0.15) is 5.56 Å². The summed E-state index contributed by atoms with van der Waals surface area (Å²) in [6, 6.07) is 13.4. The van der Waals surface area contributed by atoms with Crippen molar-refractivity contribution < 1.29 is 8.42 Å². The third-order valence-corrected chi connectivity index (χ3v) is 5.20. The molecule has 2 N–H and O–H groups in total. The van der Waals surface area contributed by atoms with Crippen LogP contribution >= 0.6 is 11.6 Å². The van der Waals surface area contributed by atoms with Gasteiger partial charge in [0.1, 0.15) is 10.7 Å². The van der Waals surface area contributed by atoms with Gasteiger partial charge in [-0.25, -0.2) is 13.4 Å². The Morgan fingerprint density at radius 3 is 2.52 bits per heavy atom. The summed E-state index contributed by atoms with van der Waals surface area (Å²) in [5.41, 5.74) is 1.80. The molecule has 0 bridgehead atoms. The largest absolute Gasteiger partial charge is 0.380 e. The summed E-state index contributed by atoms with van der Waals surface area (Å²) >= 11 is 5.94. The fraction of sp³-hybridized carbons (Fsp3) is 0.0588. The van der Waals surface area contributed by atoms with Gasteiger partial charge >= 0.3 is 0 Å². The molecule has 0 saturated heterocycles. The molecule has 128 valence electrons. The van der Waals surface area contributed by atoms with Gasteiger partial charge in [-0.3, -0.25) is 9.71 Å². The molecular formula is C17H15ClN4O2S. The van der Waals surface area contributed by atoms with Crippen molar-refractivity contribution in [1.82, 2.24) is 9.97 Å². The van der Waals surface area contributed by atoms with Crippen LogP contribution in [0, 0.1) is 0 Å². The van der Waals surface area contributed by atoms with Crippen LogP contribution in [0.5, 0.6) is 0 Å². The summed E-state index contributed by atoms with van der Waals surface area (Å²) in [5.74, 6) is 0.215. The molecule has 2 heterocycles. The first-order chi connectivity index (χ1) is 12.0. The fourth-order valence-corrected chi connectivity index (χ4v) is 3.65. The van der Waals surface area contributed by atoms with E-state index in [9.17, 15) is 8.42 Å². The van der Waals surface area contributed by atoms with Gasteiger partial charge in [-0.15, -0.1) is 0 Å². The molecule has 6 nitrogen and oxygen atoms in total. The number of hydrogen-bond donors (Lipinski definition) is 2. The van der Waals surface area contributed by atoms with Gasteiger partial charge in [-0.2, -0.15) is 0 Å². The Hall–Kier alpha value is -2.64. The first-order valence-corrected chi connectivity index (χ1v) is 9.27. The van der Waals surface area contributed by atoms with E-state index < -0.39 is 10.0 Å². The zero-order chi connectivity index (χ0) is 17.7. The van der Waals surface area contributed by atoms with Gasteiger partial charge in [0, 0.05) is 18.9 Å². The van der Waals surface area contributed by atoms with Gasteiger partial charge < -0.3 is 5.32 Å². The van der Waals surface area contributed by atoms with Crippen LogP contribution in [-0.4, -0.2) is 18.4 Å². The average Bonchev–Trinajstić information content (AvgIpc) is 2.62. The molecule has 0 amide bonds. The Balaban J connectivity index is 1.67. The summed E-state index contributed by atoms with van der Waals surface area (Å²) in [6.45, 7) is 0.597. The van der Waals surface area contributed by atoms with Gasteiger partial charge in [-0.1, -0.05) is 29.8 Å². The molecule has 0 unspecified atom stereocenters. The number of nitrogens with one attached hydrogen (secondary N) is 2. The molecule has 0 atom stereocenters. The number of benzene rings is 1. The summed E-state index contributed by atoms with van der Waals surface area (Å²) < 4.78 is 27.1. The quantitative estimate of drug-likeness (QED) is 0.689. The minimum absolute atomic E-state index is 0.0113. The van der Waals surface area contributed by atoms with Crippen LogP contribution in [0.15, 0.2) is 72.0 Å². The molecule has 1 aromatic carbocycles. The van der Waals surface area contributed by atoms with E-state index in [-0.39, 0.29) is 15.7 Å². The minimum atomic E-state index is -3.79. The predicted octanol–water partition coefficient (Wildman–Crippen LogP) is 3.54. The summed E-state index contributed by atoms with van der Waals surface area (Å²) in [4.78, 5) is 8.18. The van der Waals surface area contributed by atoms with E-state index in [2.05, 4.69) is 20.0 Å². The maximum Gasteiger partial charge on any atom is 0.264 e. The zero-order valence-corrected chi connectivity index (χ0v) is 14.6. The molecule has 0 spiro atoms. The van der Waals surface area contributed by atoms with E-state index >= 15 is 0 Å². The molecule has 0 aliphatic rings. The van der Waals surface area contributed by atoms with Crippen molar-refractivity contribution in [2.45, 2.75) is 11.4 Å². The fourth-order valence-electron chi connectivity index (χ4n) is 2.12. The lowest BCUT2D eigenvalue weighted by molar-refractivity contribution is 0.601. The second-order valence-electron chi connectivity index (χ2n) is 5.18. The summed E-state index contributed by atoms with van der Waals surface area (Å²) in [6.07, 6.45) is 5.04. The second kappa shape index (κ2) is 7.50. The summed E-state index contributed by atoms with van der Waals surface area (Å²) in [7, 11) is -3.79. The Labute approximate surface area is 151 Å². The van der Waals surface area contributed by atoms with Crippen molar-refractivity contribution in [2.24, 2.45) is 0 Å². The normalized spacial score (nSPS) is 11.1. The Kier molecular flexibility index (Phi) is 5.16. The van der Waals surface area contributed by atoms with Crippen molar-refractivity contribution in [2.75, 3.05) is 10.0 Å². The molecule has 8 heteroatoms. The highest BCUT2D eigenvalue weighted by Gasteiger charge is 2.17. The summed E-state index contributed by atoms with van der Waals surface area (Å²) in [5, 5.41) is 3.35. The molecule has 0 radical (unpaired) electrons. The van der Waals surface area contributed by atoms with Crippen molar-refractivity contribution in [1.29, 1.82) is 0 Å². The molecule has 0 saturated carbocycles. The average molecular weight is 375 g/mol. The van der Waals surface area contributed by atoms with Gasteiger partial charge in [0.2, 0.25) is 0 Å². The van der Waals surface area contributed by atoms with E-state index in [1.54, 1.807) is 42.9 Å². The van der Waals surface area contributed by atoms with Crippen LogP contribution in [-0.2, 0) is 16.6 Å². The van der Waals surface area contributed by atoms with Crippen molar-refractivity contribution in [3.05, 3.63) is 77.7 Å². The SMILES string of the molecule is O=S(=O)(Nc1ccc(NCc2cccnc2)cn1)c1ccccc1Cl. The first-order valence-electron chi connectivity index (χ1n) is 7.41. The molecule has 3 aromatic rings. The second-order valence-corrected chi connectivity index (χ2v) is 7.24. The number of anilines is 2. The van der Waals surface area contributed by atoms with Crippen LogP contribution < -0.4 is 10.0 Å². The number of halogens is 1. The lowest BCUT2D eigenvalue weighted by Gasteiger charge is -2.10. The molecule has 2 aromatic heterocycles. The van der Waals surface area contributed by atoms with Crippen LogP contribution in [0.2, 0.25) is 5.02 Å². The van der Waals surface area contributed by atoms with Crippen LogP contribution in [0.25, 0.3) is 0 Å². The third kappa shape index (κ3) is 4.46. The third-order valence-electron chi connectivity index (χ3n) is 3.35. The van der Waals surface area contributed by atoms with E-state index in [1.165, 1.54) is 12.1 Å². The highest BCUT2D eigenvalue weighted by Crippen LogP contribution is 2.23. The molecular weight excluding hydrogens is 360 g/mol. The van der Waals surface area contributed by atoms with Crippen molar-refractivity contribution in [3.8, 4) is 0 Å². The van der Waals surface area contributed by atoms with E-state index in [1.807, 2.05) is 12.1 Å². The Morgan fingerprint density at radius 1 is 1.00 bits per heavy atom. The smallest absolute Gasteiger partial charge is 0.264 e. The number of nitrogens with zero attached hydrogens (tertiary/aromatic N) is 2. The number of aromatic nitrogens is 2. The first kappa shape index (κ1) is 17.2. The maximum absolute atomic E-state index is 12.4. The number of hydrogen-bond acceptors (Lipinski definition) is 5. The highest BCUT2D eigenvalue weighted by molar-refractivity contribution is 7.92. The van der Waals surface area contributed by atoms with E-state index in [4.69, 9.17) is 11.6 Å². The highest BCUT2D eigenvalue weighted by atomic mass is 35.5. The number of rotatable bonds is 6. The molecule has 0 fully saturated rings. The Morgan fingerprint density at radius 2 is 1.84 bits per heavy atom. The molecule has 0 aliphatic heterocycles. The lowest BCUT2D eigenvalue weighted by atomic mass is 10.3. The molecule has 3 rings (SSSR count). The molecule has 0 aliphatic carbocycles. The standard InChI is InChI=1S/C17H15ClN4O2S/c18-15-5-1-2-6-16(15)25(23,24)22-17-8-7-14(12-21-17)20-11-13-4-3-9-19-10-13/h1-10,12,20H,11H2,(H,21,22). The topological polar surface area (TPSA) is 84.0 Å². The van der Waals surface area contributed by atoms with E-state index in [0.717, 1.165) is 11.3 Å². The zero-order valence-electron chi connectivity index (χ0n) is 13.1. The predicted molar refractivity (Wildman–Crippen MR) is 98.1 cm³/mol. The maximum atomic E-state index is 12.4. The van der Waals surface area contributed by atoms with Gasteiger partial charge in [0.05, 0.1) is 16.9 Å². The van der Waals surface area contributed by atoms with Crippen LogP contribution in [0.3, 0.4) is 0 Å². The monoisotopic (exact) mass is 374 g/mol. The lowest BCUT2D eigenvalue weighted by Crippen LogP contribution is -2.14. The molecule has 25 heavy (non-hydrogen) atoms. The Bertz CT molecular complexity index is 948.